The van der Waals surface area contributed by atoms with Crippen LogP contribution in [0.25, 0.3) is 0 Å². The third-order valence-corrected chi connectivity index (χ3v) is 2.77. The summed E-state index contributed by atoms with van der Waals surface area (Å²) in [6, 6.07) is 0. The fourth-order valence-corrected chi connectivity index (χ4v) is 1.77. The minimum Gasteiger partial charge on any atom is -0.336 e. The predicted molar refractivity (Wildman–Crippen MR) is 51.9 cm³/mol. The van der Waals surface area contributed by atoms with Crippen molar-refractivity contribution < 1.29 is 4.79 Å². The van der Waals surface area contributed by atoms with Gasteiger partial charge in [0.15, 0.2) is 0 Å². The lowest BCUT2D eigenvalue weighted by atomic mass is 9.97. The molecule has 2 heterocycles. The second-order valence-corrected chi connectivity index (χ2v) is 3.71. The molecule has 15 heavy (non-hydrogen) atoms. The third kappa shape index (κ3) is 2.12. The number of hydrogen-bond donors (Lipinski definition) is 2. The van der Waals surface area contributed by atoms with E-state index in [2.05, 4.69) is 20.6 Å². The highest BCUT2D eigenvalue weighted by molar-refractivity contribution is 5.90. The number of carbonyl (C=O) groups is 1. The molecule has 0 atom stereocenters. The maximum atomic E-state index is 11.8. The summed E-state index contributed by atoms with van der Waals surface area (Å²) in [4.78, 5) is 13.5. The van der Waals surface area contributed by atoms with Gasteiger partial charge in [-0.25, -0.2) is 0 Å². The third-order valence-electron chi connectivity index (χ3n) is 2.77. The van der Waals surface area contributed by atoms with Crippen LogP contribution in [-0.2, 0) is 0 Å². The Morgan fingerprint density at radius 1 is 1.53 bits per heavy atom. The Morgan fingerprint density at radius 2 is 2.27 bits per heavy atom. The molecule has 0 bridgehead atoms. The number of tetrazole rings is 1. The summed E-state index contributed by atoms with van der Waals surface area (Å²) in [5, 5.41) is 13.0. The molecule has 3 N–H and O–H groups in total. The van der Waals surface area contributed by atoms with Gasteiger partial charge in [-0.05, 0) is 30.5 Å². The molecule has 1 fully saturated rings. The molecule has 1 aliphatic heterocycles. The monoisotopic (exact) mass is 210 g/mol. The van der Waals surface area contributed by atoms with E-state index in [1.165, 1.54) is 0 Å². The number of nitrogens with two attached hydrogens (primary N) is 1. The summed E-state index contributed by atoms with van der Waals surface area (Å²) in [7, 11) is 0. The molecule has 0 aliphatic carbocycles. The predicted octanol–water partition coefficient (Wildman–Crippen LogP) is -0.989. The molecule has 0 spiro atoms. The maximum absolute atomic E-state index is 11.8. The van der Waals surface area contributed by atoms with E-state index in [0.717, 1.165) is 25.9 Å². The summed E-state index contributed by atoms with van der Waals surface area (Å²) >= 11 is 0. The van der Waals surface area contributed by atoms with E-state index in [1.807, 2.05) is 0 Å². The zero-order valence-electron chi connectivity index (χ0n) is 8.39. The first kappa shape index (κ1) is 10.0. The molecule has 1 aliphatic rings. The number of amides is 1. The van der Waals surface area contributed by atoms with E-state index in [-0.39, 0.29) is 11.7 Å². The van der Waals surface area contributed by atoms with E-state index < -0.39 is 0 Å². The van der Waals surface area contributed by atoms with Gasteiger partial charge in [-0.15, -0.1) is 10.2 Å². The first-order valence-electron chi connectivity index (χ1n) is 5.04. The number of rotatable bonds is 2. The minimum absolute atomic E-state index is 0.140. The van der Waals surface area contributed by atoms with Crippen molar-refractivity contribution in [1.82, 2.24) is 25.5 Å². The Hall–Kier alpha value is -1.50. The van der Waals surface area contributed by atoms with Gasteiger partial charge in [0.25, 0.3) is 11.7 Å². The van der Waals surface area contributed by atoms with Gasteiger partial charge in [-0.2, -0.15) is 5.21 Å². The van der Waals surface area contributed by atoms with E-state index in [4.69, 9.17) is 5.73 Å². The quantitative estimate of drug-likeness (QED) is 0.652. The number of aromatic nitrogens is 4. The van der Waals surface area contributed by atoms with E-state index in [1.54, 1.807) is 4.90 Å². The van der Waals surface area contributed by atoms with Crippen molar-refractivity contribution in [2.45, 2.75) is 12.8 Å². The summed E-state index contributed by atoms with van der Waals surface area (Å²) in [5.41, 5.74) is 5.58. The Labute approximate surface area is 87.0 Å². The molecule has 7 nitrogen and oxygen atoms in total. The van der Waals surface area contributed by atoms with Crippen LogP contribution < -0.4 is 5.73 Å². The van der Waals surface area contributed by atoms with Gasteiger partial charge >= 0.3 is 0 Å². The number of carbonyl (C=O) groups excluding carboxylic acids is 1. The molecule has 0 aromatic carbocycles. The standard InChI is InChI=1S/C8H14N6O/c9-5-6-1-3-14(4-2-6)8(15)7-10-12-13-11-7/h6H,1-5,9H2,(H,10,11,12,13). The summed E-state index contributed by atoms with van der Waals surface area (Å²) in [5.74, 6) is 0.528. The van der Waals surface area contributed by atoms with E-state index in [0.29, 0.717) is 12.5 Å². The minimum atomic E-state index is -0.153. The Morgan fingerprint density at radius 3 is 2.80 bits per heavy atom. The number of H-pyrrole nitrogens is 1. The van der Waals surface area contributed by atoms with Crippen LogP contribution in [0.4, 0.5) is 0 Å². The molecule has 82 valence electrons. The highest BCUT2D eigenvalue weighted by atomic mass is 16.2. The van der Waals surface area contributed by atoms with E-state index in [9.17, 15) is 4.79 Å². The number of nitrogens with zero attached hydrogens (tertiary/aromatic N) is 4. The topological polar surface area (TPSA) is 101 Å². The van der Waals surface area contributed by atoms with Crippen LogP contribution in [0.5, 0.6) is 0 Å². The molecule has 0 unspecified atom stereocenters. The highest BCUT2D eigenvalue weighted by Crippen LogP contribution is 2.16. The SMILES string of the molecule is NCC1CCN(C(=O)c2nn[nH]n2)CC1. The van der Waals surface area contributed by atoms with Crippen molar-refractivity contribution >= 4 is 5.91 Å². The second kappa shape index (κ2) is 4.35. The van der Waals surface area contributed by atoms with Crippen LogP contribution in [0, 0.1) is 5.92 Å². The van der Waals surface area contributed by atoms with Gasteiger partial charge in [0.1, 0.15) is 0 Å². The number of aromatic amines is 1. The number of nitrogens with one attached hydrogen (secondary N) is 1. The Balaban J connectivity index is 1.93. The second-order valence-electron chi connectivity index (χ2n) is 3.71. The molecule has 0 saturated carbocycles. The number of hydrogen-bond acceptors (Lipinski definition) is 5. The fourth-order valence-electron chi connectivity index (χ4n) is 1.77. The summed E-state index contributed by atoms with van der Waals surface area (Å²) < 4.78 is 0. The molecule has 1 saturated heterocycles. The lowest BCUT2D eigenvalue weighted by molar-refractivity contribution is 0.0681. The summed E-state index contributed by atoms with van der Waals surface area (Å²) in [6.45, 7) is 2.16. The zero-order chi connectivity index (χ0) is 10.7. The first-order chi connectivity index (χ1) is 7.31. The normalized spacial score (nSPS) is 18.1. The first-order valence-corrected chi connectivity index (χ1v) is 5.04. The fraction of sp³-hybridized carbons (Fsp3) is 0.750. The lowest BCUT2D eigenvalue weighted by Crippen LogP contribution is -2.40. The lowest BCUT2D eigenvalue weighted by Gasteiger charge is -2.30. The van der Waals surface area contributed by atoms with Crippen molar-refractivity contribution in [1.29, 1.82) is 0 Å². The van der Waals surface area contributed by atoms with E-state index >= 15 is 0 Å². The van der Waals surface area contributed by atoms with Gasteiger partial charge in [0.2, 0.25) is 0 Å². The molecule has 1 aromatic rings. The van der Waals surface area contributed by atoms with Crippen molar-refractivity contribution in [3.8, 4) is 0 Å². The van der Waals surface area contributed by atoms with Crippen molar-refractivity contribution in [3.05, 3.63) is 5.82 Å². The van der Waals surface area contributed by atoms with Crippen molar-refractivity contribution in [2.75, 3.05) is 19.6 Å². The molecule has 1 aromatic heterocycles. The van der Waals surface area contributed by atoms with Crippen LogP contribution in [0.1, 0.15) is 23.5 Å². The molecular weight excluding hydrogens is 196 g/mol. The van der Waals surface area contributed by atoms with Crippen LogP contribution in [0.3, 0.4) is 0 Å². The zero-order valence-corrected chi connectivity index (χ0v) is 8.39. The largest absolute Gasteiger partial charge is 0.336 e. The average molecular weight is 210 g/mol. The van der Waals surface area contributed by atoms with Crippen molar-refractivity contribution in [3.63, 3.8) is 0 Å². The Bertz CT molecular complexity index is 316. The Kier molecular flexibility index (Phi) is 2.91. The van der Waals surface area contributed by atoms with Gasteiger partial charge in [-0.3, -0.25) is 4.79 Å². The van der Waals surface area contributed by atoms with Crippen LogP contribution in [-0.4, -0.2) is 51.1 Å². The molecule has 2 rings (SSSR count). The van der Waals surface area contributed by atoms with Gasteiger partial charge in [0, 0.05) is 13.1 Å². The summed E-state index contributed by atoms with van der Waals surface area (Å²) in [6.07, 6.45) is 1.92. The van der Waals surface area contributed by atoms with Crippen LogP contribution in [0.2, 0.25) is 0 Å². The number of likely N-dealkylation sites (tertiary alicyclic amines) is 1. The van der Waals surface area contributed by atoms with Crippen LogP contribution >= 0.6 is 0 Å². The van der Waals surface area contributed by atoms with Crippen molar-refractivity contribution in [2.24, 2.45) is 11.7 Å². The van der Waals surface area contributed by atoms with Gasteiger partial charge in [0.05, 0.1) is 0 Å². The highest BCUT2D eigenvalue weighted by Gasteiger charge is 2.24. The average Bonchev–Trinajstić information content (AvgIpc) is 2.82. The molecule has 0 radical (unpaired) electrons. The number of piperidine rings is 1. The van der Waals surface area contributed by atoms with Gasteiger partial charge < -0.3 is 10.6 Å². The smallest absolute Gasteiger partial charge is 0.295 e. The molecule has 1 amide bonds. The maximum Gasteiger partial charge on any atom is 0.295 e. The molecular formula is C8H14N6O. The van der Waals surface area contributed by atoms with Gasteiger partial charge in [-0.1, -0.05) is 0 Å². The molecule has 7 heteroatoms. The van der Waals surface area contributed by atoms with Crippen LogP contribution in [0.15, 0.2) is 0 Å².